The molecule has 3 heteroatoms. The lowest BCUT2D eigenvalue weighted by molar-refractivity contribution is -0.102. The molecule has 0 spiro atoms. The van der Waals surface area contributed by atoms with Crippen molar-refractivity contribution in [2.24, 2.45) is 5.92 Å². The molecule has 1 aromatic rings. The molecule has 0 aliphatic heterocycles. The highest BCUT2D eigenvalue weighted by molar-refractivity contribution is 5.21. The standard InChI is InChI=1S/C20H32O3/c1-4-6-15-21-16(3)19(23-18-10-8-7-9-11-18)20(17-12-13-17)22-14-5-2/h7-11,16-17,19-20H,4-6,12-15H2,1-3H3/t16-,19-,20-/m0/s1. The molecule has 1 aliphatic rings. The van der Waals surface area contributed by atoms with Crippen LogP contribution >= 0.6 is 0 Å². The lowest BCUT2D eigenvalue weighted by Gasteiger charge is -2.32. The van der Waals surface area contributed by atoms with Crippen molar-refractivity contribution in [2.75, 3.05) is 13.2 Å². The van der Waals surface area contributed by atoms with Crippen molar-refractivity contribution in [3.8, 4) is 5.75 Å². The highest BCUT2D eigenvalue weighted by Crippen LogP contribution is 2.38. The number of para-hydroxylation sites is 1. The van der Waals surface area contributed by atoms with E-state index in [1.165, 1.54) is 12.8 Å². The van der Waals surface area contributed by atoms with Crippen LogP contribution in [-0.4, -0.2) is 31.5 Å². The maximum Gasteiger partial charge on any atom is 0.151 e. The maximum absolute atomic E-state index is 6.32. The van der Waals surface area contributed by atoms with Gasteiger partial charge in [0.2, 0.25) is 0 Å². The summed E-state index contributed by atoms with van der Waals surface area (Å²) in [6.07, 6.45) is 5.87. The number of ether oxygens (including phenoxy) is 3. The quantitative estimate of drug-likeness (QED) is 0.516. The van der Waals surface area contributed by atoms with E-state index in [-0.39, 0.29) is 18.3 Å². The van der Waals surface area contributed by atoms with Crippen LogP contribution in [0.25, 0.3) is 0 Å². The van der Waals surface area contributed by atoms with E-state index in [9.17, 15) is 0 Å². The summed E-state index contributed by atoms with van der Waals surface area (Å²) in [5.41, 5.74) is 0. The maximum atomic E-state index is 6.32. The smallest absolute Gasteiger partial charge is 0.151 e. The summed E-state index contributed by atoms with van der Waals surface area (Å²) in [6, 6.07) is 10.0. The Balaban J connectivity index is 2.04. The van der Waals surface area contributed by atoms with Crippen LogP contribution in [0.4, 0.5) is 0 Å². The molecule has 0 aromatic heterocycles. The van der Waals surface area contributed by atoms with Crippen LogP contribution in [0.3, 0.4) is 0 Å². The summed E-state index contributed by atoms with van der Waals surface area (Å²) >= 11 is 0. The van der Waals surface area contributed by atoms with Gasteiger partial charge < -0.3 is 14.2 Å². The van der Waals surface area contributed by atoms with Crippen LogP contribution < -0.4 is 4.74 Å². The van der Waals surface area contributed by atoms with Crippen molar-refractivity contribution >= 4 is 0 Å². The first-order chi connectivity index (χ1) is 11.3. The zero-order valence-electron chi connectivity index (χ0n) is 14.9. The first kappa shape index (κ1) is 18.3. The molecular weight excluding hydrogens is 288 g/mol. The van der Waals surface area contributed by atoms with Gasteiger partial charge in [-0.3, -0.25) is 0 Å². The molecule has 1 saturated carbocycles. The van der Waals surface area contributed by atoms with E-state index < -0.39 is 0 Å². The van der Waals surface area contributed by atoms with Gasteiger partial charge in [-0.2, -0.15) is 0 Å². The average molecular weight is 320 g/mol. The third kappa shape index (κ3) is 6.15. The zero-order chi connectivity index (χ0) is 16.5. The molecule has 0 unspecified atom stereocenters. The first-order valence-corrected chi connectivity index (χ1v) is 9.21. The molecule has 1 aliphatic carbocycles. The van der Waals surface area contributed by atoms with E-state index in [1.54, 1.807) is 0 Å². The Morgan fingerprint density at radius 2 is 1.74 bits per heavy atom. The zero-order valence-corrected chi connectivity index (χ0v) is 14.9. The Morgan fingerprint density at radius 3 is 2.35 bits per heavy atom. The summed E-state index contributed by atoms with van der Waals surface area (Å²) < 4.78 is 18.5. The van der Waals surface area contributed by atoms with E-state index >= 15 is 0 Å². The SMILES string of the molecule is CCCCO[C@@H](C)[C@H](Oc1ccccc1)[C@@H](OCCC)C1CC1. The Morgan fingerprint density at radius 1 is 1.00 bits per heavy atom. The predicted octanol–water partition coefficient (Wildman–Crippen LogP) is 4.84. The molecule has 0 N–H and O–H groups in total. The fourth-order valence-corrected chi connectivity index (χ4v) is 2.77. The number of unbranched alkanes of at least 4 members (excludes halogenated alkanes) is 1. The summed E-state index contributed by atoms with van der Waals surface area (Å²) in [6.45, 7) is 8.03. The van der Waals surface area contributed by atoms with Crippen molar-refractivity contribution < 1.29 is 14.2 Å². The van der Waals surface area contributed by atoms with Gasteiger partial charge in [0.05, 0.1) is 12.2 Å². The molecule has 3 nitrogen and oxygen atoms in total. The molecule has 0 amide bonds. The van der Waals surface area contributed by atoms with Gasteiger partial charge in [-0.15, -0.1) is 0 Å². The van der Waals surface area contributed by atoms with Crippen LogP contribution in [-0.2, 0) is 9.47 Å². The van der Waals surface area contributed by atoms with Crippen molar-refractivity contribution in [3.63, 3.8) is 0 Å². The van der Waals surface area contributed by atoms with Gasteiger partial charge in [-0.25, -0.2) is 0 Å². The summed E-state index contributed by atoms with van der Waals surface area (Å²) in [5, 5.41) is 0. The van der Waals surface area contributed by atoms with Crippen LogP contribution in [0.1, 0.15) is 52.9 Å². The van der Waals surface area contributed by atoms with Crippen molar-refractivity contribution in [3.05, 3.63) is 30.3 Å². The summed E-state index contributed by atoms with van der Waals surface area (Å²) in [5.74, 6) is 1.52. The molecule has 0 saturated heterocycles. The Hall–Kier alpha value is -1.06. The van der Waals surface area contributed by atoms with Crippen molar-refractivity contribution in [1.82, 2.24) is 0 Å². The molecule has 1 aromatic carbocycles. The third-order valence-electron chi connectivity index (χ3n) is 4.28. The number of hydrogen-bond acceptors (Lipinski definition) is 3. The summed E-state index contributed by atoms with van der Waals surface area (Å²) in [4.78, 5) is 0. The highest BCUT2D eigenvalue weighted by Gasteiger charge is 2.41. The van der Waals surface area contributed by atoms with E-state index in [0.29, 0.717) is 5.92 Å². The molecular formula is C20H32O3. The van der Waals surface area contributed by atoms with E-state index in [2.05, 4.69) is 20.8 Å². The third-order valence-corrected chi connectivity index (χ3v) is 4.28. The molecule has 0 heterocycles. The first-order valence-electron chi connectivity index (χ1n) is 9.21. The monoisotopic (exact) mass is 320 g/mol. The van der Waals surface area contributed by atoms with Gasteiger partial charge in [0, 0.05) is 13.2 Å². The molecule has 1 fully saturated rings. The van der Waals surface area contributed by atoms with Gasteiger partial charge in [0.25, 0.3) is 0 Å². The lowest BCUT2D eigenvalue weighted by atomic mass is 10.0. The van der Waals surface area contributed by atoms with Crippen LogP contribution in [0.2, 0.25) is 0 Å². The fourth-order valence-electron chi connectivity index (χ4n) is 2.77. The Kier molecular flexibility index (Phi) is 7.90. The van der Waals surface area contributed by atoms with Gasteiger partial charge in [0.1, 0.15) is 5.75 Å². The number of hydrogen-bond donors (Lipinski definition) is 0. The largest absolute Gasteiger partial charge is 0.485 e. The number of rotatable bonds is 12. The molecule has 23 heavy (non-hydrogen) atoms. The lowest BCUT2D eigenvalue weighted by Crippen LogP contribution is -2.45. The predicted molar refractivity (Wildman–Crippen MR) is 93.9 cm³/mol. The minimum absolute atomic E-state index is 0.0317. The fraction of sp³-hybridized carbons (Fsp3) is 0.700. The van der Waals surface area contributed by atoms with Gasteiger partial charge in [0.15, 0.2) is 6.10 Å². The molecule has 2 rings (SSSR count). The number of benzene rings is 1. The van der Waals surface area contributed by atoms with Crippen molar-refractivity contribution in [2.45, 2.75) is 71.2 Å². The topological polar surface area (TPSA) is 27.7 Å². The minimum Gasteiger partial charge on any atom is -0.485 e. The van der Waals surface area contributed by atoms with Gasteiger partial charge in [-0.1, -0.05) is 38.5 Å². The van der Waals surface area contributed by atoms with Crippen LogP contribution in [0.5, 0.6) is 5.75 Å². The highest BCUT2D eigenvalue weighted by atomic mass is 16.6. The van der Waals surface area contributed by atoms with Crippen molar-refractivity contribution in [1.29, 1.82) is 0 Å². The Labute approximate surface area is 141 Å². The van der Waals surface area contributed by atoms with E-state index in [1.807, 2.05) is 30.3 Å². The molecule has 130 valence electrons. The van der Waals surface area contributed by atoms with E-state index in [0.717, 1.165) is 38.2 Å². The summed E-state index contributed by atoms with van der Waals surface area (Å²) in [7, 11) is 0. The minimum atomic E-state index is -0.0479. The molecule has 0 bridgehead atoms. The second kappa shape index (κ2) is 9.94. The average Bonchev–Trinajstić information content (AvgIpc) is 3.40. The Bertz CT molecular complexity index is 416. The van der Waals surface area contributed by atoms with E-state index in [4.69, 9.17) is 14.2 Å². The van der Waals surface area contributed by atoms with Gasteiger partial charge >= 0.3 is 0 Å². The molecule has 0 radical (unpaired) electrons. The second-order valence-electron chi connectivity index (χ2n) is 6.50. The van der Waals surface area contributed by atoms with Crippen LogP contribution in [0, 0.1) is 5.92 Å². The van der Waals surface area contributed by atoms with Gasteiger partial charge in [-0.05, 0) is 50.7 Å². The van der Waals surface area contributed by atoms with Crippen LogP contribution in [0.15, 0.2) is 30.3 Å². The molecule has 3 atom stereocenters. The normalized spacial score (nSPS) is 18.4. The second-order valence-corrected chi connectivity index (χ2v) is 6.50.